The van der Waals surface area contributed by atoms with E-state index in [-0.39, 0.29) is 0 Å². The van der Waals surface area contributed by atoms with Crippen molar-refractivity contribution < 1.29 is 9.53 Å². The standard InChI is InChI=1S/C10H15ClN2O2/c1-3-5-6-13-9(11)8(7-12-13)10(14)15-4-2/h7H,3-6H2,1-2H3. The number of hydrogen-bond acceptors (Lipinski definition) is 3. The van der Waals surface area contributed by atoms with Crippen LogP contribution in [0.2, 0.25) is 5.15 Å². The number of unbranched alkanes of at least 4 members (excludes halogenated alkanes) is 1. The fourth-order valence-corrected chi connectivity index (χ4v) is 1.43. The molecule has 1 heterocycles. The number of carbonyl (C=O) groups excluding carboxylic acids is 1. The first-order valence-electron chi connectivity index (χ1n) is 5.09. The van der Waals surface area contributed by atoms with Crippen molar-refractivity contribution in [3.8, 4) is 0 Å². The van der Waals surface area contributed by atoms with Gasteiger partial charge >= 0.3 is 5.97 Å². The van der Waals surface area contributed by atoms with Crippen molar-refractivity contribution in [3.63, 3.8) is 0 Å². The molecular formula is C10H15ClN2O2. The SMILES string of the molecule is CCCCn1ncc(C(=O)OCC)c1Cl. The molecule has 4 nitrogen and oxygen atoms in total. The van der Waals surface area contributed by atoms with E-state index >= 15 is 0 Å². The highest BCUT2D eigenvalue weighted by molar-refractivity contribution is 6.32. The maximum absolute atomic E-state index is 11.4. The summed E-state index contributed by atoms with van der Waals surface area (Å²) in [5, 5.41) is 4.40. The molecule has 0 spiro atoms. The molecule has 15 heavy (non-hydrogen) atoms. The molecule has 0 amide bonds. The van der Waals surface area contributed by atoms with Gasteiger partial charge in [-0.1, -0.05) is 24.9 Å². The molecule has 0 aromatic carbocycles. The molecule has 0 radical (unpaired) electrons. The zero-order chi connectivity index (χ0) is 11.3. The summed E-state index contributed by atoms with van der Waals surface area (Å²) < 4.78 is 6.47. The molecule has 1 aromatic heterocycles. The van der Waals surface area contributed by atoms with E-state index in [1.54, 1.807) is 11.6 Å². The van der Waals surface area contributed by atoms with Crippen LogP contribution in [0, 0.1) is 0 Å². The lowest BCUT2D eigenvalue weighted by molar-refractivity contribution is 0.0526. The average Bonchev–Trinajstić information content (AvgIpc) is 2.57. The van der Waals surface area contributed by atoms with Gasteiger partial charge in [0.05, 0.1) is 12.8 Å². The Morgan fingerprint density at radius 3 is 2.93 bits per heavy atom. The van der Waals surface area contributed by atoms with E-state index in [0.29, 0.717) is 17.3 Å². The normalized spacial score (nSPS) is 10.3. The van der Waals surface area contributed by atoms with E-state index in [2.05, 4.69) is 12.0 Å². The lowest BCUT2D eigenvalue weighted by Gasteiger charge is -2.02. The molecule has 0 N–H and O–H groups in total. The van der Waals surface area contributed by atoms with Crippen molar-refractivity contribution in [1.29, 1.82) is 0 Å². The third-order valence-electron chi connectivity index (χ3n) is 1.99. The molecule has 5 heteroatoms. The van der Waals surface area contributed by atoms with Crippen LogP contribution >= 0.6 is 11.6 Å². The molecule has 0 unspecified atom stereocenters. The third-order valence-corrected chi connectivity index (χ3v) is 2.39. The maximum atomic E-state index is 11.4. The largest absolute Gasteiger partial charge is 0.462 e. The number of nitrogens with zero attached hydrogens (tertiary/aromatic N) is 2. The van der Waals surface area contributed by atoms with E-state index in [1.807, 2.05) is 0 Å². The minimum absolute atomic E-state index is 0.342. The van der Waals surface area contributed by atoms with E-state index in [1.165, 1.54) is 6.20 Å². The lowest BCUT2D eigenvalue weighted by Crippen LogP contribution is -2.05. The number of aryl methyl sites for hydroxylation is 1. The number of rotatable bonds is 5. The van der Waals surface area contributed by atoms with Crippen LogP contribution in [-0.4, -0.2) is 22.4 Å². The van der Waals surface area contributed by atoms with E-state index in [4.69, 9.17) is 16.3 Å². The molecular weight excluding hydrogens is 216 g/mol. The Bertz CT molecular complexity index is 336. The Morgan fingerprint density at radius 2 is 2.33 bits per heavy atom. The van der Waals surface area contributed by atoms with Gasteiger partial charge in [-0.15, -0.1) is 0 Å². The number of ether oxygens (including phenoxy) is 1. The van der Waals surface area contributed by atoms with Crippen molar-refractivity contribution in [2.45, 2.75) is 33.2 Å². The second-order valence-electron chi connectivity index (χ2n) is 3.15. The molecule has 0 bridgehead atoms. The van der Waals surface area contributed by atoms with Crippen molar-refractivity contribution in [2.24, 2.45) is 0 Å². The van der Waals surface area contributed by atoms with Crippen LogP contribution in [0.3, 0.4) is 0 Å². The lowest BCUT2D eigenvalue weighted by atomic mass is 10.3. The molecule has 1 rings (SSSR count). The summed E-state index contributed by atoms with van der Waals surface area (Å²) in [6.07, 6.45) is 3.50. The average molecular weight is 231 g/mol. The summed E-state index contributed by atoms with van der Waals surface area (Å²) in [4.78, 5) is 11.4. The zero-order valence-electron chi connectivity index (χ0n) is 8.99. The third kappa shape index (κ3) is 2.96. The molecule has 84 valence electrons. The zero-order valence-corrected chi connectivity index (χ0v) is 9.75. The molecule has 0 aliphatic carbocycles. The predicted molar refractivity (Wildman–Crippen MR) is 58.1 cm³/mol. The number of esters is 1. The second-order valence-corrected chi connectivity index (χ2v) is 3.50. The Kier molecular flexibility index (Phi) is 4.62. The molecule has 0 saturated heterocycles. The van der Waals surface area contributed by atoms with Gasteiger partial charge in [0, 0.05) is 6.54 Å². The number of carbonyl (C=O) groups is 1. The van der Waals surface area contributed by atoms with Crippen LogP contribution in [0.1, 0.15) is 37.0 Å². The van der Waals surface area contributed by atoms with E-state index in [0.717, 1.165) is 19.4 Å². The molecule has 0 aliphatic heterocycles. The minimum atomic E-state index is -0.412. The van der Waals surface area contributed by atoms with Crippen molar-refractivity contribution in [1.82, 2.24) is 9.78 Å². The number of halogens is 1. The summed E-state index contributed by atoms with van der Waals surface area (Å²) in [7, 11) is 0. The fourth-order valence-electron chi connectivity index (χ4n) is 1.18. The quantitative estimate of drug-likeness (QED) is 0.730. The fraction of sp³-hybridized carbons (Fsp3) is 0.600. The smallest absolute Gasteiger partial charge is 0.342 e. The molecule has 0 atom stereocenters. The Hall–Kier alpha value is -1.03. The first kappa shape index (κ1) is 12.0. The molecule has 0 aliphatic rings. The van der Waals surface area contributed by atoms with Gasteiger partial charge in [-0.3, -0.25) is 4.68 Å². The first-order chi connectivity index (χ1) is 7.20. The summed E-state index contributed by atoms with van der Waals surface area (Å²) in [5.41, 5.74) is 0.342. The summed E-state index contributed by atoms with van der Waals surface area (Å²) in [6.45, 7) is 4.92. The summed E-state index contributed by atoms with van der Waals surface area (Å²) in [6, 6.07) is 0. The van der Waals surface area contributed by atoms with Gasteiger partial charge in [0.1, 0.15) is 10.7 Å². The summed E-state index contributed by atoms with van der Waals surface area (Å²) >= 11 is 5.99. The molecule has 1 aromatic rings. The van der Waals surface area contributed by atoms with Gasteiger partial charge in [0.15, 0.2) is 0 Å². The van der Waals surface area contributed by atoms with Gasteiger partial charge in [-0.25, -0.2) is 4.79 Å². The second kappa shape index (κ2) is 5.75. The first-order valence-corrected chi connectivity index (χ1v) is 5.46. The van der Waals surface area contributed by atoms with Crippen molar-refractivity contribution in [3.05, 3.63) is 16.9 Å². The van der Waals surface area contributed by atoms with Crippen LogP contribution in [0.25, 0.3) is 0 Å². The number of aromatic nitrogens is 2. The van der Waals surface area contributed by atoms with Gasteiger partial charge in [0.2, 0.25) is 0 Å². The van der Waals surface area contributed by atoms with Gasteiger partial charge < -0.3 is 4.74 Å². The van der Waals surface area contributed by atoms with Gasteiger partial charge in [0.25, 0.3) is 0 Å². The van der Waals surface area contributed by atoms with Crippen molar-refractivity contribution in [2.75, 3.05) is 6.61 Å². The highest BCUT2D eigenvalue weighted by Gasteiger charge is 2.16. The Morgan fingerprint density at radius 1 is 1.60 bits per heavy atom. The minimum Gasteiger partial charge on any atom is -0.462 e. The van der Waals surface area contributed by atoms with Gasteiger partial charge in [-0.05, 0) is 13.3 Å². The molecule has 0 fully saturated rings. The highest BCUT2D eigenvalue weighted by Crippen LogP contribution is 2.17. The van der Waals surface area contributed by atoms with Crippen LogP contribution in [0.15, 0.2) is 6.20 Å². The van der Waals surface area contributed by atoms with Crippen LogP contribution in [0.5, 0.6) is 0 Å². The van der Waals surface area contributed by atoms with E-state index in [9.17, 15) is 4.79 Å². The van der Waals surface area contributed by atoms with Crippen LogP contribution in [0.4, 0.5) is 0 Å². The number of hydrogen-bond donors (Lipinski definition) is 0. The van der Waals surface area contributed by atoms with Crippen LogP contribution in [-0.2, 0) is 11.3 Å². The Labute approximate surface area is 94.2 Å². The monoisotopic (exact) mass is 230 g/mol. The maximum Gasteiger partial charge on any atom is 0.342 e. The van der Waals surface area contributed by atoms with Gasteiger partial charge in [-0.2, -0.15) is 5.10 Å². The molecule has 0 saturated carbocycles. The van der Waals surface area contributed by atoms with E-state index < -0.39 is 5.97 Å². The van der Waals surface area contributed by atoms with Crippen molar-refractivity contribution >= 4 is 17.6 Å². The summed E-state index contributed by atoms with van der Waals surface area (Å²) in [5.74, 6) is -0.412. The van der Waals surface area contributed by atoms with Crippen LogP contribution < -0.4 is 0 Å². The predicted octanol–water partition coefficient (Wildman–Crippen LogP) is 2.51. The Balaban J connectivity index is 2.74. The highest BCUT2D eigenvalue weighted by atomic mass is 35.5. The topological polar surface area (TPSA) is 44.1 Å².